The lowest BCUT2D eigenvalue weighted by Crippen LogP contribution is -2.34. The van der Waals surface area contributed by atoms with E-state index < -0.39 is 23.7 Å². The lowest BCUT2D eigenvalue weighted by atomic mass is 9.99. The zero-order valence-corrected chi connectivity index (χ0v) is 19.1. The number of imidazole rings is 1. The van der Waals surface area contributed by atoms with Gasteiger partial charge in [-0.2, -0.15) is 0 Å². The summed E-state index contributed by atoms with van der Waals surface area (Å²) >= 11 is 0. The van der Waals surface area contributed by atoms with Gasteiger partial charge in [-0.3, -0.25) is 14.4 Å². The number of nitrogens with one attached hydrogen (secondary N) is 2. The molecule has 2 N–H and O–H groups in total. The fourth-order valence-corrected chi connectivity index (χ4v) is 4.02. The standard InChI is InChI=1S/C26H21N5O5/c32-18-11-12-19(33)31(18)36-20(34)13-14-27-26(35)24-21(16-7-3-1-4-8-16)23-25(29-15-28-23)22(30-24)17-9-5-2-6-10-17/h1-10,15H,11-14H2,(H,27,35)(H,28,29). The smallest absolute Gasteiger partial charge is 0.334 e. The van der Waals surface area contributed by atoms with Gasteiger partial charge in [-0.1, -0.05) is 60.7 Å². The van der Waals surface area contributed by atoms with Crippen molar-refractivity contribution in [2.75, 3.05) is 6.54 Å². The van der Waals surface area contributed by atoms with Crippen LogP contribution in [0.5, 0.6) is 0 Å². The molecule has 0 spiro atoms. The van der Waals surface area contributed by atoms with E-state index in [0.29, 0.717) is 27.4 Å². The number of carbonyl (C=O) groups is 4. The van der Waals surface area contributed by atoms with Crippen molar-refractivity contribution in [2.24, 2.45) is 0 Å². The first-order chi connectivity index (χ1) is 17.5. The van der Waals surface area contributed by atoms with Crippen LogP contribution in [0.15, 0.2) is 67.0 Å². The molecule has 1 fully saturated rings. The highest BCUT2D eigenvalue weighted by Gasteiger charge is 2.32. The second-order valence-electron chi connectivity index (χ2n) is 8.09. The summed E-state index contributed by atoms with van der Waals surface area (Å²) in [5.41, 5.74) is 4.14. The van der Waals surface area contributed by atoms with Crippen molar-refractivity contribution in [1.82, 2.24) is 25.3 Å². The number of hydrogen-bond acceptors (Lipinski definition) is 7. The summed E-state index contributed by atoms with van der Waals surface area (Å²) in [6, 6.07) is 18.8. The van der Waals surface area contributed by atoms with Crippen molar-refractivity contribution in [2.45, 2.75) is 19.3 Å². The maximum absolute atomic E-state index is 13.3. The maximum Gasteiger partial charge on any atom is 0.334 e. The monoisotopic (exact) mass is 483 g/mol. The summed E-state index contributed by atoms with van der Waals surface area (Å²) in [5.74, 6) is -2.42. The van der Waals surface area contributed by atoms with Gasteiger partial charge in [-0.05, 0) is 5.56 Å². The number of imide groups is 1. The summed E-state index contributed by atoms with van der Waals surface area (Å²) in [5, 5.41) is 3.18. The molecule has 1 saturated heterocycles. The number of benzene rings is 2. The average Bonchev–Trinajstić information content (AvgIpc) is 3.51. The van der Waals surface area contributed by atoms with Crippen LogP contribution < -0.4 is 5.32 Å². The third-order valence-electron chi connectivity index (χ3n) is 5.71. The van der Waals surface area contributed by atoms with Crippen LogP contribution in [0.25, 0.3) is 33.4 Å². The number of nitrogens with zero attached hydrogens (tertiary/aromatic N) is 3. The fraction of sp³-hybridized carbons (Fsp3) is 0.154. The largest absolute Gasteiger partial charge is 0.350 e. The van der Waals surface area contributed by atoms with Crippen LogP contribution in [0, 0.1) is 0 Å². The van der Waals surface area contributed by atoms with Gasteiger partial charge >= 0.3 is 5.97 Å². The Morgan fingerprint density at radius 3 is 2.25 bits per heavy atom. The highest BCUT2D eigenvalue weighted by Crippen LogP contribution is 2.34. The van der Waals surface area contributed by atoms with Gasteiger partial charge in [0.05, 0.1) is 24.0 Å². The number of aromatic nitrogens is 3. The molecule has 2 aromatic heterocycles. The van der Waals surface area contributed by atoms with Gasteiger partial charge < -0.3 is 15.1 Å². The first kappa shape index (κ1) is 22.9. The Morgan fingerprint density at radius 2 is 1.58 bits per heavy atom. The van der Waals surface area contributed by atoms with E-state index in [0.717, 1.165) is 11.1 Å². The Hall–Kier alpha value is -4.86. The van der Waals surface area contributed by atoms with Crippen molar-refractivity contribution >= 4 is 34.7 Å². The molecular formula is C26H21N5O5. The maximum atomic E-state index is 13.3. The van der Waals surface area contributed by atoms with Gasteiger partial charge in [-0.25, -0.2) is 14.8 Å². The third kappa shape index (κ3) is 4.43. The predicted octanol–water partition coefficient (Wildman–Crippen LogP) is 3.02. The predicted molar refractivity (Wildman–Crippen MR) is 129 cm³/mol. The first-order valence-electron chi connectivity index (χ1n) is 11.4. The van der Waals surface area contributed by atoms with Crippen LogP contribution in [0.1, 0.15) is 29.8 Å². The van der Waals surface area contributed by atoms with Crippen molar-refractivity contribution < 1.29 is 24.0 Å². The Labute approximate surface area is 205 Å². The molecule has 1 aliphatic rings. The van der Waals surface area contributed by atoms with Crippen LogP contribution in [-0.2, 0) is 19.2 Å². The van der Waals surface area contributed by atoms with E-state index in [1.807, 2.05) is 60.7 Å². The molecule has 3 amide bonds. The van der Waals surface area contributed by atoms with E-state index in [-0.39, 0.29) is 31.5 Å². The van der Waals surface area contributed by atoms with Crippen molar-refractivity contribution in [3.05, 3.63) is 72.7 Å². The summed E-state index contributed by atoms with van der Waals surface area (Å²) in [6.07, 6.45) is 1.35. The van der Waals surface area contributed by atoms with E-state index in [1.54, 1.807) is 6.33 Å². The molecule has 0 unspecified atom stereocenters. The molecule has 10 heteroatoms. The molecule has 180 valence electrons. The molecule has 0 radical (unpaired) electrons. The van der Waals surface area contributed by atoms with Crippen LogP contribution in [0.4, 0.5) is 0 Å². The second kappa shape index (κ2) is 9.79. The van der Waals surface area contributed by atoms with Crippen LogP contribution in [0.2, 0.25) is 0 Å². The molecule has 3 heterocycles. The minimum Gasteiger partial charge on any atom is -0.350 e. The van der Waals surface area contributed by atoms with Gasteiger partial charge in [0.25, 0.3) is 17.7 Å². The number of fused-ring (bicyclic) bond motifs is 1. The zero-order valence-electron chi connectivity index (χ0n) is 19.1. The molecule has 4 aromatic rings. The molecule has 36 heavy (non-hydrogen) atoms. The highest BCUT2D eigenvalue weighted by molar-refractivity contribution is 6.09. The number of amides is 3. The van der Waals surface area contributed by atoms with Crippen LogP contribution >= 0.6 is 0 Å². The highest BCUT2D eigenvalue weighted by atomic mass is 16.7. The van der Waals surface area contributed by atoms with Gasteiger partial charge in [-0.15, -0.1) is 5.06 Å². The van der Waals surface area contributed by atoms with Crippen molar-refractivity contribution in [3.8, 4) is 22.4 Å². The van der Waals surface area contributed by atoms with E-state index >= 15 is 0 Å². The SMILES string of the molecule is O=C(CCNC(=O)c1nc(-c2ccccc2)c2nc[nH]c2c1-c1ccccc1)ON1C(=O)CCC1=O. The molecule has 10 nitrogen and oxygen atoms in total. The normalized spacial score (nSPS) is 13.3. The molecule has 2 aromatic carbocycles. The minimum absolute atomic E-state index is 0.0105. The second-order valence-corrected chi connectivity index (χ2v) is 8.09. The number of rotatable bonds is 7. The molecule has 1 aliphatic heterocycles. The Kier molecular flexibility index (Phi) is 6.23. The fourth-order valence-electron chi connectivity index (χ4n) is 4.02. The Morgan fingerprint density at radius 1 is 0.944 bits per heavy atom. The van der Waals surface area contributed by atoms with E-state index in [2.05, 4.69) is 15.3 Å². The van der Waals surface area contributed by atoms with E-state index in [4.69, 9.17) is 9.82 Å². The molecule has 0 saturated carbocycles. The summed E-state index contributed by atoms with van der Waals surface area (Å²) in [7, 11) is 0. The van der Waals surface area contributed by atoms with Crippen LogP contribution in [-0.4, -0.2) is 50.3 Å². The summed E-state index contributed by atoms with van der Waals surface area (Å²) in [6.45, 7) is -0.0779. The van der Waals surface area contributed by atoms with Crippen LogP contribution in [0.3, 0.4) is 0 Å². The van der Waals surface area contributed by atoms with Gasteiger partial charge in [0, 0.05) is 30.5 Å². The van der Waals surface area contributed by atoms with E-state index in [9.17, 15) is 19.2 Å². The molecule has 5 rings (SSSR count). The average molecular weight is 483 g/mol. The number of hydroxylamine groups is 2. The number of pyridine rings is 1. The van der Waals surface area contributed by atoms with Gasteiger partial charge in [0.15, 0.2) is 0 Å². The molecule has 0 bridgehead atoms. The van der Waals surface area contributed by atoms with Gasteiger partial charge in [0.2, 0.25) is 0 Å². The lowest BCUT2D eigenvalue weighted by Gasteiger charge is -2.14. The van der Waals surface area contributed by atoms with Crippen molar-refractivity contribution in [1.29, 1.82) is 0 Å². The van der Waals surface area contributed by atoms with Crippen molar-refractivity contribution in [3.63, 3.8) is 0 Å². The lowest BCUT2D eigenvalue weighted by molar-refractivity contribution is -0.197. The number of carbonyl (C=O) groups excluding carboxylic acids is 4. The quantitative estimate of drug-likeness (QED) is 0.386. The molecule has 0 aliphatic carbocycles. The number of H-pyrrole nitrogens is 1. The molecule has 0 atom stereocenters. The first-order valence-corrected chi connectivity index (χ1v) is 11.4. The summed E-state index contributed by atoms with van der Waals surface area (Å²) < 4.78 is 0. The Balaban J connectivity index is 1.43. The minimum atomic E-state index is -0.802. The third-order valence-corrected chi connectivity index (χ3v) is 5.71. The van der Waals surface area contributed by atoms with E-state index in [1.165, 1.54) is 0 Å². The molecular weight excluding hydrogens is 462 g/mol. The number of aromatic amines is 1. The number of hydrogen-bond donors (Lipinski definition) is 2. The summed E-state index contributed by atoms with van der Waals surface area (Å²) in [4.78, 5) is 65.9. The Bertz CT molecular complexity index is 1450. The zero-order chi connectivity index (χ0) is 25.1. The topological polar surface area (TPSA) is 134 Å². The van der Waals surface area contributed by atoms with Gasteiger partial charge in [0.1, 0.15) is 11.2 Å².